The molecular formula is C24H21N3O3S. The first-order chi connectivity index (χ1) is 15.1. The van der Waals surface area contributed by atoms with E-state index in [-0.39, 0.29) is 6.42 Å². The van der Waals surface area contributed by atoms with Crippen LogP contribution in [-0.2, 0) is 9.59 Å². The van der Waals surface area contributed by atoms with Gasteiger partial charge in [0.25, 0.3) is 0 Å². The van der Waals surface area contributed by atoms with E-state index in [1.165, 1.54) is 4.90 Å². The van der Waals surface area contributed by atoms with Crippen LogP contribution in [0.25, 0.3) is 22.0 Å². The number of fused-ring (bicyclic) bond motifs is 1. The van der Waals surface area contributed by atoms with Crippen molar-refractivity contribution in [1.29, 1.82) is 0 Å². The molecule has 156 valence electrons. The molecule has 0 saturated heterocycles. The second-order valence-electron chi connectivity index (χ2n) is 7.08. The molecule has 1 aromatic heterocycles. The lowest BCUT2D eigenvalue weighted by Gasteiger charge is -2.14. The number of hydrogen-bond acceptors (Lipinski definition) is 4. The van der Waals surface area contributed by atoms with Gasteiger partial charge in [0.1, 0.15) is 0 Å². The molecule has 1 heterocycles. The molecule has 1 atom stereocenters. The van der Waals surface area contributed by atoms with Gasteiger partial charge in [-0.1, -0.05) is 54.6 Å². The molecule has 0 aliphatic carbocycles. The molecule has 0 saturated carbocycles. The normalized spacial score (nSPS) is 11.9. The van der Waals surface area contributed by atoms with Crippen molar-refractivity contribution in [3.05, 3.63) is 78.4 Å². The second-order valence-corrected chi connectivity index (χ2v) is 7.93. The average Bonchev–Trinajstić information content (AvgIpc) is 3.19. The molecule has 6 nitrogen and oxygen atoms in total. The van der Waals surface area contributed by atoms with Crippen LogP contribution in [0.15, 0.2) is 77.7 Å². The number of anilines is 1. The van der Waals surface area contributed by atoms with Crippen molar-refractivity contribution in [1.82, 2.24) is 10.2 Å². The van der Waals surface area contributed by atoms with Crippen molar-refractivity contribution < 1.29 is 14.7 Å². The molecule has 0 radical (unpaired) electrons. The number of aliphatic carboxylic acids is 1. The molecule has 1 amide bonds. The summed E-state index contributed by atoms with van der Waals surface area (Å²) in [5.41, 5.74) is 3.62. The highest BCUT2D eigenvalue weighted by atomic mass is 32.2. The number of aromatic nitrogens is 2. The van der Waals surface area contributed by atoms with E-state index in [0.717, 1.165) is 22.0 Å². The predicted molar refractivity (Wildman–Crippen MR) is 123 cm³/mol. The summed E-state index contributed by atoms with van der Waals surface area (Å²) in [6.45, 7) is 0. The topological polar surface area (TPSA) is 95.1 Å². The minimum atomic E-state index is -1.03. The number of nitrogens with one attached hydrogen (secondary N) is 2. The Kier molecular flexibility index (Phi) is 6.04. The quantitative estimate of drug-likeness (QED) is 0.352. The number of amides is 1. The highest BCUT2D eigenvalue weighted by Gasteiger charge is 2.25. The molecule has 0 aliphatic heterocycles. The summed E-state index contributed by atoms with van der Waals surface area (Å²) < 4.78 is 0. The number of rotatable bonds is 7. The number of nitrogens with zero attached hydrogens (tertiary/aromatic N) is 1. The minimum absolute atomic E-state index is 0.298. The van der Waals surface area contributed by atoms with E-state index >= 15 is 0 Å². The predicted octanol–water partition coefficient (Wildman–Crippen LogP) is 5.15. The van der Waals surface area contributed by atoms with Crippen molar-refractivity contribution in [3.8, 4) is 11.1 Å². The molecular weight excluding hydrogens is 410 g/mol. The van der Waals surface area contributed by atoms with Gasteiger partial charge in [-0.3, -0.25) is 14.7 Å². The molecule has 0 aliphatic rings. The number of aromatic amines is 1. The smallest absolute Gasteiger partial charge is 0.304 e. The number of carboxylic acid groups (broad SMARTS) is 1. The lowest BCUT2D eigenvalue weighted by molar-refractivity contribution is -0.139. The summed E-state index contributed by atoms with van der Waals surface area (Å²) >= 11 is 1.68. The molecule has 31 heavy (non-hydrogen) atoms. The summed E-state index contributed by atoms with van der Waals surface area (Å²) in [4.78, 5) is 25.4. The SMILES string of the molecule is CSc1ccccc1-c1ccc2c(NC(=O)C(CC(=O)O)c3ccccc3)n[nH]c2c1. The molecule has 7 heteroatoms. The molecule has 3 aromatic carbocycles. The fraction of sp³-hybridized carbons (Fsp3) is 0.125. The van der Waals surface area contributed by atoms with Gasteiger partial charge in [0.15, 0.2) is 5.82 Å². The lowest BCUT2D eigenvalue weighted by Crippen LogP contribution is -2.23. The van der Waals surface area contributed by atoms with Crippen LogP contribution in [0, 0.1) is 0 Å². The first kappa shape index (κ1) is 20.7. The summed E-state index contributed by atoms with van der Waals surface area (Å²) in [7, 11) is 0. The van der Waals surface area contributed by atoms with E-state index in [4.69, 9.17) is 0 Å². The molecule has 4 aromatic rings. The van der Waals surface area contributed by atoms with Gasteiger partial charge < -0.3 is 10.4 Å². The van der Waals surface area contributed by atoms with Crippen molar-refractivity contribution in [2.75, 3.05) is 11.6 Å². The van der Waals surface area contributed by atoms with Gasteiger partial charge in [0, 0.05) is 10.3 Å². The Bertz CT molecular complexity index is 1240. The first-order valence-electron chi connectivity index (χ1n) is 9.76. The van der Waals surface area contributed by atoms with Crippen LogP contribution in [0.4, 0.5) is 5.82 Å². The van der Waals surface area contributed by atoms with Crippen LogP contribution < -0.4 is 5.32 Å². The van der Waals surface area contributed by atoms with Crippen LogP contribution in [0.3, 0.4) is 0 Å². The Hall–Kier alpha value is -3.58. The zero-order valence-electron chi connectivity index (χ0n) is 16.8. The maximum absolute atomic E-state index is 12.9. The largest absolute Gasteiger partial charge is 0.481 e. The van der Waals surface area contributed by atoms with Crippen LogP contribution in [0.1, 0.15) is 17.9 Å². The number of carboxylic acids is 1. The molecule has 1 unspecified atom stereocenters. The van der Waals surface area contributed by atoms with Gasteiger partial charge >= 0.3 is 5.97 Å². The van der Waals surface area contributed by atoms with E-state index in [1.807, 2.05) is 42.7 Å². The fourth-order valence-electron chi connectivity index (χ4n) is 3.59. The standard InChI is InChI=1S/C24H21N3O3S/c1-31-21-10-6-5-9-17(21)16-11-12-18-20(13-16)26-27-23(18)25-24(30)19(14-22(28)29)15-7-3-2-4-8-15/h2-13,19H,14H2,1H3,(H,28,29)(H2,25,26,27,30). The molecule has 0 spiro atoms. The van der Waals surface area contributed by atoms with Crippen LogP contribution in [0.2, 0.25) is 0 Å². The van der Waals surface area contributed by atoms with Crippen LogP contribution in [-0.4, -0.2) is 33.4 Å². The summed E-state index contributed by atoms with van der Waals surface area (Å²) in [6, 6.07) is 23.0. The number of carbonyl (C=O) groups excluding carboxylic acids is 1. The Balaban J connectivity index is 1.63. The van der Waals surface area contributed by atoms with Gasteiger partial charge in [0.05, 0.1) is 17.9 Å². The fourth-order valence-corrected chi connectivity index (χ4v) is 4.21. The first-order valence-corrected chi connectivity index (χ1v) is 11.0. The third-order valence-corrected chi connectivity index (χ3v) is 5.92. The van der Waals surface area contributed by atoms with Gasteiger partial charge in [-0.15, -0.1) is 11.8 Å². The second kappa shape index (κ2) is 9.06. The van der Waals surface area contributed by atoms with Crippen molar-refractivity contribution in [2.45, 2.75) is 17.2 Å². The maximum atomic E-state index is 12.9. The van der Waals surface area contributed by atoms with Crippen molar-refractivity contribution in [2.24, 2.45) is 0 Å². The maximum Gasteiger partial charge on any atom is 0.304 e. The Morgan fingerprint density at radius 1 is 1.06 bits per heavy atom. The summed E-state index contributed by atoms with van der Waals surface area (Å²) in [5.74, 6) is -1.86. The van der Waals surface area contributed by atoms with Gasteiger partial charge in [-0.2, -0.15) is 5.10 Å². The number of H-pyrrole nitrogens is 1. The van der Waals surface area contributed by atoms with Gasteiger partial charge in [-0.25, -0.2) is 0 Å². The van der Waals surface area contributed by atoms with E-state index in [1.54, 1.807) is 36.0 Å². The summed E-state index contributed by atoms with van der Waals surface area (Å²) in [5, 5.41) is 20.1. The Morgan fingerprint density at radius 3 is 2.55 bits per heavy atom. The highest BCUT2D eigenvalue weighted by Crippen LogP contribution is 2.33. The van der Waals surface area contributed by atoms with E-state index in [0.29, 0.717) is 11.4 Å². The Labute approximate surface area is 183 Å². The van der Waals surface area contributed by atoms with Crippen molar-refractivity contribution >= 4 is 40.4 Å². The highest BCUT2D eigenvalue weighted by molar-refractivity contribution is 7.98. The number of thioether (sulfide) groups is 1. The lowest BCUT2D eigenvalue weighted by atomic mass is 9.95. The van der Waals surface area contributed by atoms with Gasteiger partial charge in [0.2, 0.25) is 5.91 Å². The number of benzene rings is 3. The number of hydrogen-bond donors (Lipinski definition) is 3. The number of carbonyl (C=O) groups is 2. The zero-order chi connectivity index (χ0) is 21.8. The average molecular weight is 432 g/mol. The molecule has 0 bridgehead atoms. The summed E-state index contributed by atoms with van der Waals surface area (Å²) in [6.07, 6.45) is 1.75. The molecule has 4 rings (SSSR count). The third kappa shape index (κ3) is 4.46. The van der Waals surface area contributed by atoms with Crippen LogP contribution in [0.5, 0.6) is 0 Å². The van der Waals surface area contributed by atoms with E-state index < -0.39 is 17.8 Å². The third-order valence-electron chi connectivity index (χ3n) is 5.12. The van der Waals surface area contributed by atoms with Crippen molar-refractivity contribution in [3.63, 3.8) is 0 Å². The monoisotopic (exact) mass is 431 g/mol. The van der Waals surface area contributed by atoms with Crippen LogP contribution >= 0.6 is 11.8 Å². The molecule has 3 N–H and O–H groups in total. The zero-order valence-corrected chi connectivity index (χ0v) is 17.6. The Morgan fingerprint density at radius 2 is 1.81 bits per heavy atom. The van der Waals surface area contributed by atoms with E-state index in [2.05, 4.69) is 27.6 Å². The molecule has 0 fully saturated rings. The van der Waals surface area contributed by atoms with Gasteiger partial charge in [-0.05, 0) is 41.1 Å². The minimum Gasteiger partial charge on any atom is -0.481 e. The van der Waals surface area contributed by atoms with E-state index in [9.17, 15) is 14.7 Å².